The van der Waals surface area contributed by atoms with Gasteiger partial charge in [0.1, 0.15) is 5.75 Å². The molecule has 2 aromatic rings. The van der Waals surface area contributed by atoms with E-state index in [0.717, 1.165) is 10.0 Å². The van der Waals surface area contributed by atoms with Crippen molar-refractivity contribution < 1.29 is 17.9 Å². The maximum atomic E-state index is 12.3. The van der Waals surface area contributed by atoms with Crippen LogP contribution in [-0.2, 0) is 0 Å². The third kappa shape index (κ3) is 4.45. The average Bonchev–Trinajstić information content (AvgIpc) is 2.40. The summed E-state index contributed by atoms with van der Waals surface area (Å²) in [6.45, 7) is 0. The first-order valence-corrected chi connectivity index (χ1v) is 6.75. The topological polar surface area (TPSA) is 47.3 Å². The lowest BCUT2D eigenvalue weighted by molar-refractivity contribution is -0.274. The van der Waals surface area contributed by atoms with Gasteiger partial charge in [-0.1, -0.05) is 40.2 Å². The van der Waals surface area contributed by atoms with Crippen LogP contribution in [0.3, 0.4) is 0 Å². The zero-order valence-corrected chi connectivity index (χ0v) is 12.3. The number of nitrogens with two attached hydrogens (primary N) is 1. The summed E-state index contributed by atoms with van der Waals surface area (Å²) in [7, 11) is 0. The van der Waals surface area contributed by atoms with E-state index in [2.05, 4.69) is 26.1 Å². The van der Waals surface area contributed by atoms with E-state index in [1.54, 1.807) is 6.07 Å². The number of hydrogen-bond donors (Lipinski definition) is 2. The lowest BCUT2D eigenvalue weighted by Crippen LogP contribution is -2.29. The van der Waals surface area contributed by atoms with Gasteiger partial charge < -0.3 is 4.74 Å². The van der Waals surface area contributed by atoms with E-state index in [1.807, 2.05) is 24.3 Å². The molecule has 2 rings (SSSR count). The van der Waals surface area contributed by atoms with Crippen LogP contribution in [0.25, 0.3) is 0 Å². The predicted molar refractivity (Wildman–Crippen MR) is 76.4 cm³/mol. The quantitative estimate of drug-likeness (QED) is 0.642. The Morgan fingerprint density at radius 1 is 1.05 bits per heavy atom. The monoisotopic (exact) mass is 360 g/mol. The fourth-order valence-electron chi connectivity index (χ4n) is 1.93. The molecule has 21 heavy (non-hydrogen) atoms. The Morgan fingerprint density at radius 3 is 2.29 bits per heavy atom. The largest absolute Gasteiger partial charge is 0.573 e. The molecule has 0 aliphatic carbocycles. The van der Waals surface area contributed by atoms with Crippen LogP contribution in [0, 0.1) is 0 Å². The van der Waals surface area contributed by atoms with Crippen LogP contribution in [0.2, 0.25) is 0 Å². The molecule has 0 amide bonds. The van der Waals surface area contributed by atoms with Gasteiger partial charge >= 0.3 is 6.36 Å². The molecule has 0 spiro atoms. The van der Waals surface area contributed by atoms with E-state index in [4.69, 9.17) is 5.84 Å². The number of halogens is 4. The van der Waals surface area contributed by atoms with E-state index < -0.39 is 12.4 Å². The second-order valence-corrected chi connectivity index (χ2v) is 5.19. The molecule has 0 saturated heterocycles. The Morgan fingerprint density at radius 2 is 1.71 bits per heavy atom. The molecule has 0 aromatic heterocycles. The van der Waals surface area contributed by atoms with Crippen LogP contribution in [-0.4, -0.2) is 6.36 Å². The predicted octanol–water partition coefficient (Wildman–Crippen LogP) is 3.90. The van der Waals surface area contributed by atoms with Crippen molar-refractivity contribution in [1.82, 2.24) is 5.43 Å². The number of alkyl halides is 3. The first-order valence-electron chi connectivity index (χ1n) is 5.96. The standard InChI is InChI=1S/C14H12BrF3N2O/c15-11-6-4-9(5-7-11)13(20-19)10-2-1-3-12(8-10)21-14(16,17)18/h1-8,13,20H,19H2. The highest BCUT2D eigenvalue weighted by atomic mass is 79.9. The van der Waals surface area contributed by atoms with Crippen LogP contribution in [0.5, 0.6) is 5.75 Å². The van der Waals surface area contributed by atoms with Crippen molar-refractivity contribution in [3.05, 3.63) is 64.1 Å². The number of hydrazine groups is 1. The highest BCUT2D eigenvalue weighted by Gasteiger charge is 2.31. The Hall–Kier alpha value is -1.57. The molecule has 0 aliphatic heterocycles. The SMILES string of the molecule is NNC(c1ccc(Br)cc1)c1cccc(OC(F)(F)F)c1. The molecule has 0 heterocycles. The third-order valence-corrected chi connectivity index (χ3v) is 3.32. The van der Waals surface area contributed by atoms with Crippen LogP contribution in [0.15, 0.2) is 53.0 Å². The van der Waals surface area contributed by atoms with Crippen LogP contribution < -0.4 is 16.0 Å². The Balaban J connectivity index is 2.30. The van der Waals surface area contributed by atoms with Crippen molar-refractivity contribution in [2.45, 2.75) is 12.4 Å². The molecule has 1 atom stereocenters. The molecule has 0 aliphatic rings. The molecule has 2 aromatic carbocycles. The molecule has 0 bridgehead atoms. The van der Waals surface area contributed by atoms with Crippen molar-refractivity contribution in [2.75, 3.05) is 0 Å². The second kappa shape index (κ2) is 6.46. The van der Waals surface area contributed by atoms with Crippen molar-refractivity contribution in [2.24, 2.45) is 5.84 Å². The average molecular weight is 361 g/mol. The minimum Gasteiger partial charge on any atom is -0.406 e. The van der Waals surface area contributed by atoms with Gasteiger partial charge in [0.25, 0.3) is 0 Å². The minimum absolute atomic E-state index is 0.280. The van der Waals surface area contributed by atoms with E-state index in [0.29, 0.717) is 5.56 Å². The number of benzene rings is 2. The van der Waals surface area contributed by atoms with E-state index in [1.165, 1.54) is 18.2 Å². The fraction of sp³-hybridized carbons (Fsp3) is 0.143. The first kappa shape index (κ1) is 15.8. The summed E-state index contributed by atoms with van der Waals surface area (Å²) < 4.78 is 41.6. The number of ether oxygens (including phenoxy) is 1. The van der Waals surface area contributed by atoms with Crippen molar-refractivity contribution in [3.63, 3.8) is 0 Å². The number of nitrogens with one attached hydrogen (secondary N) is 1. The summed E-state index contributed by atoms with van der Waals surface area (Å²) >= 11 is 3.32. The van der Waals surface area contributed by atoms with Crippen molar-refractivity contribution in [1.29, 1.82) is 0 Å². The fourth-order valence-corrected chi connectivity index (χ4v) is 2.20. The van der Waals surface area contributed by atoms with E-state index in [9.17, 15) is 13.2 Å². The smallest absolute Gasteiger partial charge is 0.406 e. The Bertz CT molecular complexity index is 602. The highest BCUT2D eigenvalue weighted by Crippen LogP contribution is 2.28. The summed E-state index contributed by atoms with van der Waals surface area (Å²) in [6.07, 6.45) is -4.72. The Labute approximate surface area is 128 Å². The summed E-state index contributed by atoms with van der Waals surface area (Å²) in [5.74, 6) is 5.25. The number of hydrogen-bond acceptors (Lipinski definition) is 3. The molecule has 0 radical (unpaired) electrons. The molecule has 0 fully saturated rings. The third-order valence-electron chi connectivity index (χ3n) is 2.80. The summed E-state index contributed by atoms with van der Waals surface area (Å²) in [6, 6.07) is 12.6. The van der Waals surface area contributed by atoms with Gasteiger partial charge in [-0.3, -0.25) is 5.84 Å². The van der Waals surface area contributed by atoms with Gasteiger partial charge in [-0.15, -0.1) is 13.2 Å². The molecule has 7 heteroatoms. The zero-order valence-electron chi connectivity index (χ0n) is 10.7. The van der Waals surface area contributed by atoms with Crippen molar-refractivity contribution in [3.8, 4) is 5.75 Å². The summed E-state index contributed by atoms with van der Waals surface area (Å²) in [4.78, 5) is 0. The highest BCUT2D eigenvalue weighted by molar-refractivity contribution is 9.10. The van der Waals surface area contributed by atoms with E-state index in [-0.39, 0.29) is 5.75 Å². The van der Waals surface area contributed by atoms with Gasteiger partial charge in [0.15, 0.2) is 0 Å². The van der Waals surface area contributed by atoms with Gasteiger partial charge in [-0.2, -0.15) is 0 Å². The maximum Gasteiger partial charge on any atom is 0.573 e. The van der Waals surface area contributed by atoms with Crippen molar-refractivity contribution >= 4 is 15.9 Å². The lowest BCUT2D eigenvalue weighted by Gasteiger charge is -2.18. The van der Waals surface area contributed by atoms with Gasteiger partial charge in [-0.25, -0.2) is 5.43 Å². The molecule has 1 unspecified atom stereocenters. The summed E-state index contributed by atoms with van der Waals surface area (Å²) in [5, 5.41) is 0. The van der Waals surface area contributed by atoms with Gasteiger partial charge in [0.05, 0.1) is 6.04 Å². The zero-order chi connectivity index (χ0) is 15.5. The molecular formula is C14H12BrF3N2O. The van der Waals surface area contributed by atoms with Gasteiger partial charge in [0.2, 0.25) is 0 Å². The molecular weight excluding hydrogens is 349 g/mol. The molecule has 112 valence electrons. The van der Waals surface area contributed by atoms with Gasteiger partial charge in [-0.05, 0) is 35.4 Å². The molecule has 3 N–H and O–H groups in total. The summed E-state index contributed by atoms with van der Waals surface area (Å²) in [5.41, 5.74) is 3.99. The first-order chi connectivity index (χ1) is 9.89. The van der Waals surface area contributed by atoms with Crippen LogP contribution >= 0.6 is 15.9 Å². The molecule has 3 nitrogen and oxygen atoms in total. The lowest BCUT2D eigenvalue weighted by atomic mass is 9.99. The normalized spacial score (nSPS) is 13.0. The van der Waals surface area contributed by atoms with Gasteiger partial charge in [0, 0.05) is 4.47 Å². The minimum atomic E-state index is -4.72. The second-order valence-electron chi connectivity index (χ2n) is 4.27. The molecule has 0 saturated carbocycles. The maximum absolute atomic E-state index is 12.3. The van der Waals surface area contributed by atoms with E-state index >= 15 is 0 Å². The van der Waals surface area contributed by atoms with Crippen LogP contribution in [0.1, 0.15) is 17.2 Å². The Kier molecular flexibility index (Phi) is 4.87. The number of rotatable bonds is 4. The van der Waals surface area contributed by atoms with Crippen LogP contribution in [0.4, 0.5) is 13.2 Å².